The summed E-state index contributed by atoms with van der Waals surface area (Å²) in [5.74, 6) is 2.06. The number of hydrogen-bond acceptors (Lipinski definition) is 5. The van der Waals surface area contributed by atoms with Gasteiger partial charge in [-0.05, 0) is 25.5 Å². The lowest BCUT2D eigenvalue weighted by Gasteiger charge is -2.13. The highest BCUT2D eigenvalue weighted by Gasteiger charge is 2.13. The lowest BCUT2D eigenvalue weighted by atomic mass is 10.2. The predicted molar refractivity (Wildman–Crippen MR) is 80.5 cm³/mol. The van der Waals surface area contributed by atoms with Gasteiger partial charge in [0.05, 0.1) is 18.5 Å². The maximum Gasteiger partial charge on any atom is 0.169 e. The van der Waals surface area contributed by atoms with Gasteiger partial charge in [-0.15, -0.1) is 0 Å². The summed E-state index contributed by atoms with van der Waals surface area (Å²) >= 11 is 0. The lowest BCUT2D eigenvalue weighted by Crippen LogP contribution is -2.04. The molecule has 5 nitrogen and oxygen atoms in total. The van der Waals surface area contributed by atoms with Gasteiger partial charge in [0.25, 0.3) is 0 Å². The first-order valence-corrected chi connectivity index (χ1v) is 7.16. The highest BCUT2D eigenvalue weighted by atomic mass is 16.5. The summed E-state index contributed by atoms with van der Waals surface area (Å²) in [6, 6.07) is 3.79. The Kier molecular flexibility index (Phi) is 4.85. The fraction of sp³-hybridized carbons (Fsp3) is 0.438. The van der Waals surface area contributed by atoms with E-state index in [9.17, 15) is 5.11 Å². The van der Waals surface area contributed by atoms with Crippen molar-refractivity contribution in [1.29, 1.82) is 0 Å². The maximum atomic E-state index is 9.49. The van der Waals surface area contributed by atoms with Crippen LogP contribution < -0.4 is 4.74 Å². The quantitative estimate of drug-likeness (QED) is 0.915. The standard InChI is InChI=1S/C16H21N3O2/c1-5-12-14(7-6-11(4)18-12)21-15-8-17-16(10(2)3)19-13(15)9-20/h6-8,10,20H,5,9H2,1-4H3. The van der Waals surface area contributed by atoms with Crippen molar-refractivity contribution >= 4 is 0 Å². The number of aliphatic hydroxyl groups excluding tert-OH is 1. The molecule has 0 aromatic carbocycles. The SMILES string of the molecule is CCc1nc(C)ccc1Oc1cnc(C(C)C)nc1CO. The van der Waals surface area contributed by atoms with Gasteiger partial charge < -0.3 is 9.84 Å². The molecule has 0 radical (unpaired) electrons. The molecule has 2 rings (SSSR count). The number of rotatable bonds is 5. The van der Waals surface area contributed by atoms with Crippen LogP contribution in [-0.4, -0.2) is 20.1 Å². The molecule has 0 aliphatic heterocycles. The fourth-order valence-corrected chi connectivity index (χ4v) is 1.96. The number of hydrogen-bond donors (Lipinski definition) is 1. The van der Waals surface area contributed by atoms with E-state index in [1.165, 1.54) is 0 Å². The molecule has 0 saturated heterocycles. The van der Waals surface area contributed by atoms with Crippen molar-refractivity contribution in [2.75, 3.05) is 0 Å². The van der Waals surface area contributed by atoms with Gasteiger partial charge in [-0.2, -0.15) is 0 Å². The largest absolute Gasteiger partial charge is 0.452 e. The molecule has 0 atom stereocenters. The number of nitrogens with zero attached hydrogens (tertiary/aromatic N) is 3. The normalized spacial score (nSPS) is 11.0. The van der Waals surface area contributed by atoms with E-state index in [4.69, 9.17) is 4.74 Å². The second-order valence-corrected chi connectivity index (χ2v) is 5.21. The molecule has 0 fully saturated rings. The van der Waals surface area contributed by atoms with Gasteiger partial charge in [0.15, 0.2) is 5.75 Å². The maximum absolute atomic E-state index is 9.49. The average molecular weight is 287 g/mol. The Morgan fingerprint density at radius 2 is 1.90 bits per heavy atom. The Labute approximate surface area is 125 Å². The van der Waals surface area contributed by atoms with Crippen molar-refractivity contribution in [3.8, 4) is 11.5 Å². The minimum atomic E-state index is -0.182. The Hall–Kier alpha value is -2.01. The van der Waals surface area contributed by atoms with Gasteiger partial charge in [0.1, 0.15) is 17.3 Å². The van der Waals surface area contributed by atoms with Gasteiger partial charge in [-0.1, -0.05) is 20.8 Å². The molecule has 21 heavy (non-hydrogen) atoms. The molecule has 2 heterocycles. The topological polar surface area (TPSA) is 68.1 Å². The number of pyridine rings is 1. The van der Waals surface area contributed by atoms with Crippen molar-refractivity contribution < 1.29 is 9.84 Å². The van der Waals surface area contributed by atoms with Crippen molar-refractivity contribution in [3.05, 3.63) is 41.2 Å². The lowest BCUT2D eigenvalue weighted by molar-refractivity contribution is 0.269. The van der Waals surface area contributed by atoms with E-state index in [2.05, 4.69) is 15.0 Å². The molecule has 112 valence electrons. The number of ether oxygens (including phenoxy) is 1. The van der Waals surface area contributed by atoms with E-state index in [0.29, 0.717) is 23.0 Å². The molecule has 0 aliphatic carbocycles. The van der Waals surface area contributed by atoms with Crippen LogP contribution >= 0.6 is 0 Å². The first-order valence-electron chi connectivity index (χ1n) is 7.16. The zero-order valence-corrected chi connectivity index (χ0v) is 12.9. The number of aliphatic hydroxyl groups is 1. The van der Waals surface area contributed by atoms with Crippen molar-refractivity contribution in [2.24, 2.45) is 0 Å². The summed E-state index contributed by atoms with van der Waals surface area (Å²) in [5.41, 5.74) is 2.33. The average Bonchev–Trinajstić information content (AvgIpc) is 2.49. The van der Waals surface area contributed by atoms with Crippen LogP contribution in [0.25, 0.3) is 0 Å². The van der Waals surface area contributed by atoms with E-state index < -0.39 is 0 Å². The molecular weight excluding hydrogens is 266 g/mol. The fourth-order valence-electron chi connectivity index (χ4n) is 1.96. The van der Waals surface area contributed by atoms with E-state index in [-0.39, 0.29) is 12.5 Å². The molecule has 1 N–H and O–H groups in total. The highest BCUT2D eigenvalue weighted by molar-refractivity contribution is 5.36. The van der Waals surface area contributed by atoms with E-state index in [1.54, 1.807) is 6.20 Å². The van der Waals surface area contributed by atoms with E-state index >= 15 is 0 Å². The van der Waals surface area contributed by atoms with Crippen LogP contribution in [0.2, 0.25) is 0 Å². The van der Waals surface area contributed by atoms with Gasteiger partial charge in [-0.3, -0.25) is 4.98 Å². The summed E-state index contributed by atoms with van der Waals surface area (Å²) in [6.45, 7) is 7.81. The summed E-state index contributed by atoms with van der Waals surface area (Å²) in [5, 5.41) is 9.49. The van der Waals surface area contributed by atoms with Crippen molar-refractivity contribution in [3.63, 3.8) is 0 Å². The monoisotopic (exact) mass is 287 g/mol. The van der Waals surface area contributed by atoms with Gasteiger partial charge >= 0.3 is 0 Å². The van der Waals surface area contributed by atoms with Crippen LogP contribution in [-0.2, 0) is 13.0 Å². The van der Waals surface area contributed by atoms with E-state index in [0.717, 1.165) is 17.8 Å². The first kappa shape index (κ1) is 15.4. The zero-order valence-electron chi connectivity index (χ0n) is 12.9. The van der Waals surface area contributed by atoms with Gasteiger partial charge in [0.2, 0.25) is 0 Å². The van der Waals surface area contributed by atoms with Crippen LogP contribution in [0.4, 0.5) is 0 Å². The molecule has 0 amide bonds. The third-order valence-electron chi connectivity index (χ3n) is 3.14. The Morgan fingerprint density at radius 1 is 1.14 bits per heavy atom. The highest BCUT2D eigenvalue weighted by Crippen LogP contribution is 2.27. The summed E-state index contributed by atoms with van der Waals surface area (Å²) in [7, 11) is 0. The van der Waals surface area contributed by atoms with Crippen LogP contribution in [0.5, 0.6) is 11.5 Å². The third-order valence-corrected chi connectivity index (χ3v) is 3.14. The molecule has 2 aromatic heterocycles. The number of aromatic nitrogens is 3. The Morgan fingerprint density at radius 3 is 2.52 bits per heavy atom. The minimum absolute atomic E-state index is 0.182. The molecule has 0 saturated carbocycles. The van der Waals surface area contributed by atoms with Crippen molar-refractivity contribution in [2.45, 2.75) is 46.6 Å². The Bertz CT molecular complexity index is 627. The summed E-state index contributed by atoms with van der Waals surface area (Å²) in [6.07, 6.45) is 2.39. The second kappa shape index (κ2) is 6.63. The smallest absolute Gasteiger partial charge is 0.169 e. The summed E-state index contributed by atoms with van der Waals surface area (Å²) in [4.78, 5) is 13.1. The zero-order chi connectivity index (χ0) is 15.4. The van der Waals surface area contributed by atoms with E-state index in [1.807, 2.05) is 39.8 Å². The van der Waals surface area contributed by atoms with Crippen LogP contribution in [0, 0.1) is 6.92 Å². The molecule has 0 bridgehead atoms. The molecule has 0 spiro atoms. The van der Waals surface area contributed by atoms with Gasteiger partial charge in [-0.25, -0.2) is 9.97 Å². The first-order chi connectivity index (χ1) is 10.0. The predicted octanol–water partition coefficient (Wildman–Crippen LogP) is 3.15. The minimum Gasteiger partial charge on any atom is -0.452 e. The molecule has 0 aliphatic rings. The Balaban J connectivity index is 2.35. The van der Waals surface area contributed by atoms with Crippen molar-refractivity contribution in [1.82, 2.24) is 15.0 Å². The molecular formula is C16H21N3O2. The van der Waals surface area contributed by atoms with Crippen LogP contribution in [0.3, 0.4) is 0 Å². The number of aryl methyl sites for hydroxylation is 2. The molecule has 2 aromatic rings. The van der Waals surface area contributed by atoms with Gasteiger partial charge in [0, 0.05) is 11.6 Å². The second-order valence-electron chi connectivity index (χ2n) is 5.21. The molecule has 5 heteroatoms. The third kappa shape index (κ3) is 3.55. The van der Waals surface area contributed by atoms with Crippen LogP contribution in [0.1, 0.15) is 49.6 Å². The summed E-state index contributed by atoms with van der Waals surface area (Å²) < 4.78 is 5.86. The van der Waals surface area contributed by atoms with Crippen LogP contribution in [0.15, 0.2) is 18.3 Å². The molecule has 0 unspecified atom stereocenters.